The van der Waals surface area contributed by atoms with Crippen LogP contribution in [0.15, 0.2) is 59.2 Å². The number of aliphatic hydroxyl groups is 1. The van der Waals surface area contributed by atoms with Crippen molar-refractivity contribution in [1.82, 2.24) is 9.97 Å². The third-order valence-electron chi connectivity index (χ3n) is 4.85. The van der Waals surface area contributed by atoms with Gasteiger partial charge in [0.15, 0.2) is 5.15 Å². The summed E-state index contributed by atoms with van der Waals surface area (Å²) < 4.78 is 16.7. The molecule has 0 bridgehead atoms. The van der Waals surface area contributed by atoms with Crippen LogP contribution in [0, 0.1) is 22.7 Å². The summed E-state index contributed by atoms with van der Waals surface area (Å²) in [6.45, 7) is -0.0201. The van der Waals surface area contributed by atoms with Gasteiger partial charge in [0.2, 0.25) is 11.8 Å². The van der Waals surface area contributed by atoms with Crippen molar-refractivity contribution < 1.29 is 19.0 Å². The Kier molecular flexibility index (Phi) is 7.49. The molecule has 8 nitrogen and oxygen atoms in total. The summed E-state index contributed by atoms with van der Waals surface area (Å²) in [5.41, 5.74) is 2.15. The van der Waals surface area contributed by atoms with Gasteiger partial charge >= 0.3 is 0 Å². The number of benzene rings is 2. The van der Waals surface area contributed by atoms with Crippen molar-refractivity contribution >= 4 is 23.2 Å². The van der Waals surface area contributed by atoms with E-state index >= 15 is 0 Å². The van der Waals surface area contributed by atoms with Gasteiger partial charge in [0, 0.05) is 16.1 Å². The Bertz CT molecular complexity index is 1420. The first-order valence-corrected chi connectivity index (χ1v) is 11.0. The summed E-state index contributed by atoms with van der Waals surface area (Å²) in [7, 11) is 0. The Morgan fingerprint density at radius 1 is 0.886 bits per heavy atom. The first-order valence-electron chi connectivity index (χ1n) is 10.2. The lowest BCUT2D eigenvalue weighted by Gasteiger charge is -2.13. The summed E-state index contributed by atoms with van der Waals surface area (Å²) in [6.07, 6.45) is 1.44. The fourth-order valence-corrected chi connectivity index (χ4v) is 3.60. The topological polar surface area (TPSA) is 125 Å². The van der Waals surface area contributed by atoms with Crippen LogP contribution in [0.4, 0.5) is 0 Å². The SMILES string of the molecule is N#Cc1c(Cl)nc(OCc2coc(-c3ccc(Cl)cc3)n2)c(C#N)c1-c1ccc(OCCO)cc1. The Labute approximate surface area is 210 Å². The molecule has 0 fully saturated rings. The number of halogens is 2. The Hall–Kier alpha value is -4.08. The highest BCUT2D eigenvalue weighted by atomic mass is 35.5. The minimum atomic E-state index is -0.119. The van der Waals surface area contributed by atoms with Crippen LogP contribution in [0.1, 0.15) is 16.8 Å². The predicted molar refractivity (Wildman–Crippen MR) is 128 cm³/mol. The van der Waals surface area contributed by atoms with Gasteiger partial charge in [-0.1, -0.05) is 35.3 Å². The van der Waals surface area contributed by atoms with Crippen LogP contribution in [0.3, 0.4) is 0 Å². The van der Waals surface area contributed by atoms with Crippen molar-refractivity contribution in [2.24, 2.45) is 0 Å². The van der Waals surface area contributed by atoms with Gasteiger partial charge in [0.25, 0.3) is 0 Å². The van der Waals surface area contributed by atoms with Gasteiger partial charge in [-0.2, -0.15) is 15.5 Å². The van der Waals surface area contributed by atoms with Crippen LogP contribution in [-0.2, 0) is 6.61 Å². The van der Waals surface area contributed by atoms with E-state index in [1.54, 1.807) is 48.5 Å². The molecule has 0 atom stereocenters. The molecule has 0 unspecified atom stereocenters. The molecule has 35 heavy (non-hydrogen) atoms. The normalized spacial score (nSPS) is 10.4. The second-order valence-corrected chi connectivity index (χ2v) is 7.89. The average molecular weight is 507 g/mol. The van der Waals surface area contributed by atoms with Crippen molar-refractivity contribution in [3.8, 4) is 46.3 Å². The van der Waals surface area contributed by atoms with Crippen molar-refractivity contribution in [2.45, 2.75) is 6.61 Å². The molecule has 0 aliphatic carbocycles. The number of aliphatic hydroxyl groups excluding tert-OH is 1. The van der Waals surface area contributed by atoms with Crippen molar-refractivity contribution in [3.05, 3.63) is 81.8 Å². The molecule has 2 aromatic heterocycles. The number of aromatic nitrogens is 2. The molecule has 0 saturated carbocycles. The van der Waals surface area contributed by atoms with Crippen LogP contribution in [-0.4, -0.2) is 28.3 Å². The van der Waals surface area contributed by atoms with Gasteiger partial charge in [0.1, 0.15) is 48.6 Å². The smallest absolute Gasteiger partial charge is 0.234 e. The zero-order valence-corrected chi connectivity index (χ0v) is 19.5. The highest BCUT2D eigenvalue weighted by Crippen LogP contribution is 2.36. The highest BCUT2D eigenvalue weighted by molar-refractivity contribution is 6.31. The van der Waals surface area contributed by atoms with Gasteiger partial charge in [-0.25, -0.2) is 4.98 Å². The first kappa shape index (κ1) is 24.1. The molecule has 1 N–H and O–H groups in total. The van der Waals surface area contributed by atoms with E-state index in [1.165, 1.54) is 6.26 Å². The Balaban J connectivity index is 1.63. The van der Waals surface area contributed by atoms with Gasteiger partial charge in [-0.3, -0.25) is 0 Å². The Morgan fingerprint density at radius 2 is 1.57 bits per heavy atom. The van der Waals surface area contributed by atoms with Crippen LogP contribution in [0.2, 0.25) is 10.2 Å². The number of ether oxygens (including phenoxy) is 2. The second kappa shape index (κ2) is 10.9. The van der Waals surface area contributed by atoms with E-state index in [1.807, 2.05) is 6.07 Å². The summed E-state index contributed by atoms with van der Waals surface area (Å²) in [5, 5.41) is 29.0. The molecule has 0 saturated heterocycles. The number of oxazole rings is 1. The van der Waals surface area contributed by atoms with E-state index in [0.717, 1.165) is 5.56 Å². The molecule has 0 radical (unpaired) electrons. The number of nitriles is 2. The Morgan fingerprint density at radius 3 is 2.23 bits per heavy atom. The van der Waals surface area contributed by atoms with Crippen molar-refractivity contribution in [1.29, 1.82) is 10.5 Å². The monoisotopic (exact) mass is 506 g/mol. The van der Waals surface area contributed by atoms with Gasteiger partial charge in [-0.15, -0.1) is 0 Å². The maximum absolute atomic E-state index is 9.89. The van der Waals surface area contributed by atoms with E-state index in [9.17, 15) is 10.5 Å². The first-order chi connectivity index (χ1) is 17.0. The summed E-state index contributed by atoms with van der Waals surface area (Å²) in [5.74, 6) is 0.873. The van der Waals surface area contributed by atoms with Crippen molar-refractivity contribution in [2.75, 3.05) is 13.2 Å². The molecule has 174 valence electrons. The summed E-state index contributed by atoms with van der Waals surface area (Å²) in [6, 6.07) is 17.8. The maximum Gasteiger partial charge on any atom is 0.234 e. The summed E-state index contributed by atoms with van der Waals surface area (Å²) in [4.78, 5) is 8.51. The molecule has 10 heteroatoms. The number of hydrogen-bond acceptors (Lipinski definition) is 8. The van der Waals surface area contributed by atoms with Crippen LogP contribution >= 0.6 is 23.2 Å². The molecule has 2 aromatic carbocycles. The third-order valence-corrected chi connectivity index (χ3v) is 5.37. The molecule has 0 aliphatic rings. The van der Waals surface area contributed by atoms with Gasteiger partial charge in [-0.05, 0) is 42.0 Å². The zero-order valence-electron chi connectivity index (χ0n) is 18.0. The minimum Gasteiger partial charge on any atom is -0.491 e. The van der Waals surface area contributed by atoms with Gasteiger partial charge < -0.3 is 19.0 Å². The predicted octanol–water partition coefficient (Wildman–Crippen LogP) is 5.40. The zero-order chi connectivity index (χ0) is 24.8. The lowest BCUT2D eigenvalue weighted by Crippen LogP contribution is -2.04. The largest absolute Gasteiger partial charge is 0.491 e. The van der Waals surface area contributed by atoms with E-state index in [0.29, 0.717) is 33.5 Å². The van der Waals surface area contributed by atoms with Crippen molar-refractivity contribution in [3.63, 3.8) is 0 Å². The maximum atomic E-state index is 9.89. The molecule has 0 amide bonds. The molecule has 0 aliphatic heterocycles. The molecule has 0 spiro atoms. The third kappa shape index (κ3) is 5.37. The molecular weight excluding hydrogens is 491 g/mol. The molecular formula is C25H16Cl2N4O4. The number of nitrogens with zero attached hydrogens (tertiary/aromatic N) is 4. The average Bonchev–Trinajstić information content (AvgIpc) is 3.35. The molecule has 4 aromatic rings. The summed E-state index contributed by atoms with van der Waals surface area (Å²) >= 11 is 12.2. The second-order valence-electron chi connectivity index (χ2n) is 7.09. The minimum absolute atomic E-state index is 0.0388. The van der Waals surface area contributed by atoms with E-state index in [-0.39, 0.29) is 42.0 Å². The fourth-order valence-electron chi connectivity index (χ4n) is 3.26. The highest BCUT2D eigenvalue weighted by Gasteiger charge is 2.22. The number of hydrogen-bond donors (Lipinski definition) is 1. The lowest BCUT2D eigenvalue weighted by atomic mass is 9.97. The fraction of sp³-hybridized carbons (Fsp3) is 0.120. The quantitative estimate of drug-likeness (QED) is 0.314. The number of pyridine rings is 1. The van der Waals surface area contributed by atoms with Gasteiger partial charge in [0.05, 0.1) is 12.2 Å². The molecule has 4 rings (SSSR count). The van der Waals surface area contributed by atoms with E-state index in [2.05, 4.69) is 16.0 Å². The van der Waals surface area contributed by atoms with E-state index in [4.69, 9.17) is 42.2 Å². The van der Waals surface area contributed by atoms with E-state index < -0.39 is 0 Å². The molecule has 2 heterocycles. The lowest BCUT2D eigenvalue weighted by molar-refractivity contribution is 0.201. The standard InChI is InChI=1S/C25H16Cl2N4O4/c26-17-5-1-16(2-6-17)24-30-18(13-34-24)14-35-25-21(12-29)22(20(11-28)23(27)31-25)15-3-7-19(8-4-15)33-10-9-32/h1-8,13,32H,9-10,14H2. The van der Waals surface area contributed by atoms with Crippen LogP contribution in [0.5, 0.6) is 11.6 Å². The van der Waals surface area contributed by atoms with Crippen LogP contribution in [0.25, 0.3) is 22.6 Å². The number of rotatable bonds is 8. The van der Waals surface area contributed by atoms with Crippen LogP contribution < -0.4 is 9.47 Å².